The topological polar surface area (TPSA) is 49.9 Å². The summed E-state index contributed by atoms with van der Waals surface area (Å²) in [7, 11) is 5.50. The molecule has 2 aromatic carbocycles. The van der Waals surface area contributed by atoms with Gasteiger partial charge in [0.25, 0.3) is 11.1 Å². The van der Waals surface area contributed by atoms with E-state index >= 15 is 0 Å². The summed E-state index contributed by atoms with van der Waals surface area (Å²) in [4.78, 5) is 28.5. The first kappa shape index (κ1) is 17.1. The maximum absolute atomic E-state index is 12.6. The van der Waals surface area contributed by atoms with Crippen LogP contribution in [-0.2, 0) is 4.79 Å². The molecule has 128 valence electrons. The molecule has 1 heterocycles. The van der Waals surface area contributed by atoms with Gasteiger partial charge < -0.3 is 9.64 Å². The maximum Gasteiger partial charge on any atom is 0.298 e. The predicted molar refractivity (Wildman–Crippen MR) is 102 cm³/mol. The SMILES string of the molecule is COc1ccc(N2C(=O)S/C(=C\c3ccc(N(C)C)cc3)C2=O)cc1. The predicted octanol–water partition coefficient (Wildman–Crippen LogP) is 4.00. The van der Waals surface area contributed by atoms with Crippen molar-refractivity contribution in [2.45, 2.75) is 0 Å². The van der Waals surface area contributed by atoms with E-state index in [0.29, 0.717) is 16.3 Å². The zero-order valence-corrected chi connectivity index (χ0v) is 15.0. The van der Waals surface area contributed by atoms with Crippen LogP contribution in [0.1, 0.15) is 5.56 Å². The summed E-state index contributed by atoms with van der Waals surface area (Å²) in [5.74, 6) is 0.365. The molecule has 6 heteroatoms. The molecular formula is C19H18N2O3S. The van der Waals surface area contributed by atoms with Crippen LogP contribution < -0.4 is 14.5 Å². The van der Waals surface area contributed by atoms with Crippen LogP contribution in [0, 0.1) is 0 Å². The summed E-state index contributed by atoms with van der Waals surface area (Å²) in [6.07, 6.45) is 1.74. The van der Waals surface area contributed by atoms with Gasteiger partial charge in [0.1, 0.15) is 5.75 Å². The molecule has 0 aliphatic carbocycles. The normalized spacial score (nSPS) is 15.8. The van der Waals surface area contributed by atoms with E-state index in [1.54, 1.807) is 37.5 Å². The number of nitrogens with zero attached hydrogens (tertiary/aromatic N) is 2. The molecule has 3 rings (SSSR count). The molecule has 5 nitrogen and oxygen atoms in total. The first-order valence-corrected chi connectivity index (χ1v) is 8.50. The molecule has 1 fully saturated rings. The highest BCUT2D eigenvalue weighted by molar-refractivity contribution is 8.19. The minimum absolute atomic E-state index is 0.300. The van der Waals surface area contributed by atoms with Crippen molar-refractivity contribution in [2.24, 2.45) is 0 Å². The van der Waals surface area contributed by atoms with E-state index in [0.717, 1.165) is 23.0 Å². The third kappa shape index (κ3) is 3.53. The van der Waals surface area contributed by atoms with Crippen molar-refractivity contribution in [2.75, 3.05) is 31.0 Å². The number of amides is 2. The Kier molecular flexibility index (Phi) is 4.81. The molecule has 0 aromatic heterocycles. The van der Waals surface area contributed by atoms with Gasteiger partial charge in [-0.2, -0.15) is 0 Å². The van der Waals surface area contributed by atoms with Gasteiger partial charge in [0.05, 0.1) is 17.7 Å². The molecule has 0 unspecified atom stereocenters. The lowest BCUT2D eigenvalue weighted by atomic mass is 10.2. The fourth-order valence-corrected chi connectivity index (χ4v) is 3.28. The highest BCUT2D eigenvalue weighted by Crippen LogP contribution is 2.36. The Morgan fingerprint density at radius 2 is 1.64 bits per heavy atom. The van der Waals surface area contributed by atoms with Crippen LogP contribution >= 0.6 is 11.8 Å². The van der Waals surface area contributed by atoms with E-state index < -0.39 is 0 Å². The van der Waals surface area contributed by atoms with Crippen molar-refractivity contribution in [3.63, 3.8) is 0 Å². The van der Waals surface area contributed by atoms with Crippen molar-refractivity contribution in [1.82, 2.24) is 0 Å². The highest BCUT2D eigenvalue weighted by atomic mass is 32.2. The van der Waals surface area contributed by atoms with Crippen LogP contribution in [0.25, 0.3) is 6.08 Å². The summed E-state index contributed by atoms with van der Waals surface area (Å²) in [5, 5.41) is -0.300. The molecule has 0 saturated carbocycles. The van der Waals surface area contributed by atoms with Gasteiger partial charge in [-0.3, -0.25) is 9.59 Å². The number of methoxy groups -OCH3 is 1. The number of ether oxygens (including phenoxy) is 1. The zero-order chi connectivity index (χ0) is 18.0. The number of benzene rings is 2. The van der Waals surface area contributed by atoms with Crippen LogP contribution in [0.2, 0.25) is 0 Å². The fraction of sp³-hybridized carbons (Fsp3) is 0.158. The van der Waals surface area contributed by atoms with Gasteiger partial charge in [-0.15, -0.1) is 0 Å². The largest absolute Gasteiger partial charge is 0.497 e. The zero-order valence-electron chi connectivity index (χ0n) is 14.2. The average Bonchev–Trinajstić information content (AvgIpc) is 2.89. The van der Waals surface area contributed by atoms with Crippen LogP contribution in [0.3, 0.4) is 0 Å². The summed E-state index contributed by atoms with van der Waals surface area (Å²) in [6.45, 7) is 0. The van der Waals surface area contributed by atoms with Crippen molar-refractivity contribution in [3.05, 3.63) is 59.0 Å². The first-order valence-electron chi connectivity index (χ1n) is 7.69. The van der Waals surface area contributed by atoms with Gasteiger partial charge in [-0.1, -0.05) is 12.1 Å². The van der Waals surface area contributed by atoms with Crippen molar-refractivity contribution in [1.29, 1.82) is 0 Å². The van der Waals surface area contributed by atoms with Gasteiger partial charge in [-0.25, -0.2) is 4.90 Å². The summed E-state index contributed by atoms with van der Waals surface area (Å²) in [5.41, 5.74) is 2.49. The smallest absolute Gasteiger partial charge is 0.298 e. The second kappa shape index (κ2) is 7.03. The molecule has 0 spiro atoms. The number of anilines is 2. The number of carbonyl (C=O) groups is 2. The van der Waals surface area contributed by atoms with Gasteiger partial charge in [0.15, 0.2) is 0 Å². The highest BCUT2D eigenvalue weighted by Gasteiger charge is 2.36. The number of rotatable bonds is 4. The van der Waals surface area contributed by atoms with Crippen LogP contribution in [0.5, 0.6) is 5.75 Å². The number of hydrogen-bond acceptors (Lipinski definition) is 5. The standard InChI is InChI=1S/C19H18N2O3S/c1-20(2)14-6-4-13(5-7-14)12-17-18(22)21(19(23)25-17)15-8-10-16(24-3)11-9-15/h4-12H,1-3H3/b17-12-. The third-order valence-electron chi connectivity index (χ3n) is 3.83. The average molecular weight is 354 g/mol. The molecular weight excluding hydrogens is 336 g/mol. The molecule has 25 heavy (non-hydrogen) atoms. The summed E-state index contributed by atoms with van der Waals surface area (Å²) >= 11 is 0.949. The first-order chi connectivity index (χ1) is 12.0. The molecule has 0 N–H and O–H groups in total. The van der Waals surface area contributed by atoms with E-state index in [1.807, 2.05) is 43.3 Å². The quantitative estimate of drug-likeness (QED) is 0.777. The maximum atomic E-state index is 12.6. The van der Waals surface area contributed by atoms with Gasteiger partial charge in [0.2, 0.25) is 0 Å². The monoisotopic (exact) mass is 354 g/mol. The number of hydrogen-bond donors (Lipinski definition) is 0. The Morgan fingerprint density at radius 3 is 2.20 bits per heavy atom. The van der Waals surface area contributed by atoms with Crippen LogP contribution in [0.15, 0.2) is 53.4 Å². The van der Waals surface area contributed by atoms with E-state index in [9.17, 15) is 9.59 Å². The van der Waals surface area contributed by atoms with E-state index in [4.69, 9.17) is 4.74 Å². The third-order valence-corrected chi connectivity index (χ3v) is 4.70. The summed E-state index contributed by atoms with van der Waals surface area (Å²) in [6, 6.07) is 14.6. The molecule has 1 aliphatic heterocycles. The Morgan fingerprint density at radius 1 is 1.00 bits per heavy atom. The van der Waals surface area contributed by atoms with Crippen LogP contribution in [-0.4, -0.2) is 32.4 Å². The van der Waals surface area contributed by atoms with Gasteiger partial charge in [-0.05, 0) is 59.8 Å². The number of imide groups is 1. The van der Waals surface area contributed by atoms with Crippen molar-refractivity contribution < 1.29 is 14.3 Å². The molecule has 1 saturated heterocycles. The molecule has 0 radical (unpaired) electrons. The van der Waals surface area contributed by atoms with E-state index in [-0.39, 0.29) is 11.1 Å². The molecule has 2 amide bonds. The number of thioether (sulfide) groups is 1. The second-order valence-electron chi connectivity index (χ2n) is 5.70. The molecule has 1 aliphatic rings. The Labute approximate surface area is 150 Å². The minimum atomic E-state index is -0.308. The Bertz CT molecular complexity index is 827. The van der Waals surface area contributed by atoms with Crippen molar-refractivity contribution >= 4 is 40.4 Å². The summed E-state index contributed by atoms with van der Waals surface area (Å²) < 4.78 is 5.10. The van der Waals surface area contributed by atoms with Gasteiger partial charge >= 0.3 is 0 Å². The minimum Gasteiger partial charge on any atom is -0.497 e. The Hall–Kier alpha value is -2.73. The lowest BCUT2D eigenvalue weighted by Crippen LogP contribution is -2.27. The number of carbonyl (C=O) groups excluding carboxylic acids is 2. The fourth-order valence-electron chi connectivity index (χ4n) is 2.44. The van der Waals surface area contributed by atoms with E-state index in [2.05, 4.69) is 0 Å². The molecule has 0 atom stereocenters. The Balaban J connectivity index is 1.84. The lowest BCUT2D eigenvalue weighted by Gasteiger charge is -2.13. The molecule has 0 bridgehead atoms. The van der Waals surface area contributed by atoms with Crippen LogP contribution in [0.4, 0.5) is 16.2 Å². The van der Waals surface area contributed by atoms with Crippen molar-refractivity contribution in [3.8, 4) is 5.75 Å². The van der Waals surface area contributed by atoms with Gasteiger partial charge in [0, 0.05) is 19.8 Å². The molecule has 2 aromatic rings. The van der Waals surface area contributed by atoms with E-state index in [1.165, 1.54) is 4.90 Å². The lowest BCUT2D eigenvalue weighted by molar-refractivity contribution is -0.113. The second-order valence-corrected chi connectivity index (χ2v) is 6.69.